The summed E-state index contributed by atoms with van der Waals surface area (Å²) in [5, 5.41) is 23.3. The molecular weight excluding hydrogens is 553 g/mol. The lowest BCUT2D eigenvalue weighted by molar-refractivity contribution is 0.102. The van der Waals surface area contributed by atoms with Gasteiger partial charge in [0, 0.05) is 10.4 Å². The van der Waals surface area contributed by atoms with Crippen LogP contribution in [0.25, 0.3) is 10.8 Å². The molecule has 12 heteroatoms. The Labute approximate surface area is 228 Å². The average Bonchev–Trinajstić information content (AvgIpc) is 2.85. The van der Waals surface area contributed by atoms with Crippen molar-refractivity contribution in [3.8, 4) is 11.5 Å². The summed E-state index contributed by atoms with van der Waals surface area (Å²) in [7, 11) is -4.69. The second kappa shape index (κ2) is 11.0. The van der Waals surface area contributed by atoms with E-state index in [2.05, 4.69) is 15.5 Å². The van der Waals surface area contributed by atoms with Crippen LogP contribution in [0.1, 0.15) is 22.8 Å². The number of nitrogens with zero attached hydrogens (tertiary/aromatic N) is 2. The number of amides is 1. The van der Waals surface area contributed by atoms with E-state index in [4.69, 9.17) is 27.9 Å². The van der Waals surface area contributed by atoms with Crippen molar-refractivity contribution >= 4 is 67.1 Å². The molecule has 0 heterocycles. The number of nitrogens with one attached hydrogen (secondary N) is 1. The highest BCUT2D eigenvalue weighted by Gasteiger charge is 2.22. The normalized spacial score (nSPS) is 11.7. The quantitative estimate of drug-likeness (QED) is 0.155. The molecule has 4 rings (SSSR count). The summed E-state index contributed by atoms with van der Waals surface area (Å²) < 4.78 is 39.1. The molecule has 0 aromatic heterocycles. The van der Waals surface area contributed by atoms with E-state index < -0.39 is 26.7 Å². The molecule has 0 radical (unpaired) electrons. The summed E-state index contributed by atoms with van der Waals surface area (Å²) in [6.45, 7) is 3.63. The predicted octanol–water partition coefficient (Wildman–Crippen LogP) is 7.47. The largest absolute Gasteiger partial charge is 0.505 e. The Kier molecular flexibility index (Phi) is 7.89. The van der Waals surface area contributed by atoms with Gasteiger partial charge in [-0.2, -0.15) is 8.42 Å². The number of ether oxygens (including phenoxy) is 1. The van der Waals surface area contributed by atoms with E-state index in [1.54, 1.807) is 49.4 Å². The number of azo groups is 1. The Morgan fingerprint density at radius 1 is 1.03 bits per heavy atom. The summed E-state index contributed by atoms with van der Waals surface area (Å²) in [4.78, 5) is 12.7. The lowest BCUT2D eigenvalue weighted by atomic mass is 10.0. The van der Waals surface area contributed by atoms with E-state index in [9.17, 15) is 22.9 Å². The fraction of sp³-hybridized carbons (Fsp3) is 0.115. The molecule has 3 N–H and O–H groups in total. The Morgan fingerprint density at radius 3 is 2.45 bits per heavy atom. The number of aromatic hydroxyl groups is 1. The number of para-hydroxylation sites is 1. The standard InChI is InChI=1S/C26H21Cl2N3O6S/c1-3-37-25-19(28)9-6-10-20(25)29-26(33)18-12-15-7-4-5-8-17(15)23(24(18)32)31-30-22-14(2)11-16(27)13-21(22)38(34,35)36/h4-13,32H,3H2,1-2H3,(H,29,33)(H,34,35,36). The number of phenolic OH excluding ortho intramolecular Hbond substituents is 1. The van der Waals surface area contributed by atoms with Crippen molar-refractivity contribution in [3.05, 3.63) is 81.8 Å². The third-order valence-electron chi connectivity index (χ3n) is 5.50. The number of benzene rings is 4. The van der Waals surface area contributed by atoms with Crippen LogP contribution in [0.4, 0.5) is 17.1 Å². The van der Waals surface area contributed by atoms with E-state index in [-0.39, 0.29) is 27.7 Å². The first-order chi connectivity index (χ1) is 18.0. The van der Waals surface area contributed by atoms with Crippen molar-refractivity contribution in [3.63, 3.8) is 0 Å². The third-order valence-corrected chi connectivity index (χ3v) is 6.88. The van der Waals surface area contributed by atoms with E-state index >= 15 is 0 Å². The van der Waals surface area contributed by atoms with Crippen LogP contribution in [0.15, 0.2) is 75.8 Å². The zero-order chi connectivity index (χ0) is 27.6. The van der Waals surface area contributed by atoms with Gasteiger partial charge in [-0.15, -0.1) is 10.2 Å². The minimum absolute atomic E-state index is 0.0773. The number of carbonyl (C=O) groups is 1. The predicted molar refractivity (Wildman–Crippen MR) is 146 cm³/mol. The van der Waals surface area contributed by atoms with Gasteiger partial charge >= 0.3 is 0 Å². The summed E-state index contributed by atoms with van der Waals surface area (Å²) in [6.07, 6.45) is 0. The minimum Gasteiger partial charge on any atom is -0.505 e. The van der Waals surface area contributed by atoms with Gasteiger partial charge in [0.1, 0.15) is 16.3 Å². The lowest BCUT2D eigenvalue weighted by Gasteiger charge is -2.14. The highest BCUT2D eigenvalue weighted by molar-refractivity contribution is 7.86. The van der Waals surface area contributed by atoms with Gasteiger partial charge in [-0.1, -0.05) is 53.5 Å². The van der Waals surface area contributed by atoms with Crippen LogP contribution in [0.2, 0.25) is 10.0 Å². The molecule has 0 aliphatic heterocycles. The first-order valence-electron chi connectivity index (χ1n) is 11.2. The number of halogens is 2. The van der Waals surface area contributed by atoms with Crippen molar-refractivity contribution in [2.45, 2.75) is 18.7 Å². The highest BCUT2D eigenvalue weighted by Crippen LogP contribution is 2.41. The fourth-order valence-corrected chi connectivity index (χ4v) is 5.10. The van der Waals surface area contributed by atoms with Crippen LogP contribution < -0.4 is 10.1 Å². The molecule has 9 nitrogen and oxygen atoms in total. The third kappa shape index (κ3) is 5.58. The molecule has 0 aliphatic rings. The van der Waals surface area contributed by atoms with Gasteiger partial charge in [0.15, 0.2) is 11.5 Å². The number of rotatable bonds is 7. The van der Waals surface area contributed by atoms with Gasteiger partial charge in [0.25, 0.3) is 16.0 Å². The van der Waals surface area contributed by atoms with E-state index in [1.807, 2.05) is 0 Å². The Morgan fingerprint density at radius 2 is 1.74 bits per heavy atom. The van der Waals surface area contributed by atoms with Crippen LogP contribution >= 0.6 is 23.2 Å². The monoisotopic (exact) mass is 573 g/mol. The van der Waals surface area contributed by atoms with Gasteiger partial charge in [0.05, 0.1) is 22.9 Å². The number of fused-ring (bicyclic) bond motifs is 1. The molecule has 1 amide bonds. The number of carbonyl (C=O) groups excluding carboxylic acids is 1. The van der Waals surface area contributed by atoms with Gasteiger partial charge < -0.3 is 15.2 Å². The summed E-state index contributed by atoms with van der Waals surface area (Å²) in [5.41, 5.74) is 0.240. The van der Waals surface area contributed by atoms with E-state index in [1.165, 1.54) is 19.1 Å². The maximum absolute atomic E-state index is 13.3. The molecular formula is C26H21Cl2N3O6S. The fourth-order valence-electron chi connectivity index (χ4n) is 3.81. The number of hydrogen-bond donors (Lipinski definition) is 3. The number of hydrogen-bond acceptors (Lipinski definition) is 7. The van der Waals surface area contributed by atoms with Crippen molar-refractivity contribution in [2.75, 3.05) is 11.9 Å². The molecule has 0 bridgehead atoms. The highest BCUT2D eigenvalue weighted by atomic mass is 35.5. The maximum atomic E-state index is 13.3. The molecule has 0 spiro atoms. The molecule has 0 aliphatic carbocycles. The molecule has 196 valence electrons. The summed E-state index contributed by atoms with van der Waals surface area (Å²) in [6, 6.07) is 15.7. The zero-order valence-corrected chi connectivity index (χ0v) is 22.4. The number of anilines is 1. The molecule has 38 heavy (non-hydrogen) atoms. The molecule has 0 unspecified atom stereocenters. The smallest absolute Gasteiger partial charge is 0.296 e. The van der Waals surface area contributed by atoms with Crippen LogP contribution in [0.3, 0.4) is 0 Å². The summed E-state index contributed by atoms with van der Waals surface area (Å²) >= 11 is 12.2. The van der Waals surface area contributed by atoms with Gasteiger partial charge in [-0.3, -0.25) is 9.35 Å². The van der Waals surface area contributed by atoms with Crippen molar-refractivity contribution in [1.29, 1.82) is 0 Å². The Bertz CT molecular complexity index is 1710. The van der Waals surface area contributed by atoms with E-state index in [0.717, 1.165) is 6.07 Å². The first-order valence-corrected chi connectivity index (χ1v) is 13.4. The van der Waals surface area contributed by atoms with Crippen molar-refractivity contribution in [1.82, 2.24) is 0 Å². The van der Waals surface area contributed by atoms with Crippen LogP contribution in [-0.4, -0.2) is 30.6 Å². The maximum Gasteiger partial charge on any atom is 0.296 e. The van der Waals surface area contributed by atoms with Crippen molar-refractivity contribution in [2.24, 2.45) is 10.2 Å². The molecule has 0 atom stereocenters. The SMILES string of the molecule is CCOc1c(Cl)cccc1NC(=O)c1cc2ccccc2c(N=Nc2c(C)cc(Cl)cc2S(=O)(=O)O)c1O. The number of aryl methyl sites for hydroxylation is 1. The second-order valence-corrected chi connectivity index (χ2v) is 10.3. The minimum atomic E-state index is -4.69. The Hall–Kier alpha value is -3.70. The molecule has 0 saturated carbocycles. The van der Waals surface area contributed by atoms with Crippen LogP contribution in [-0.2, 0) is 10.1 Å². The topological polar surface area (TPSA) is 138 Å². The lowest BCUT2D eigenvalue weighted by Crippen LogP contribution is -2.13. The zero-order valence-electron chi connectivity index (χ0n) is 20.1. The molecule has 0 saturated heterocycles. The van der Waals surface area contributed by atoms with Crippen molar-refractivity contribution < 1.29 is 27.6 Å². The van der Waals surface area contributed by atoms with Gasteiger partial charge in [0.2, 0.25) is 0 Å². The average molecular weight is 574 g/mol. The second-order valence-electron chi connectivity index (χ2n) is 8.09. The molecule has 0 fully saturated rings. The first kappa shape index (κ1) is 27.3. The Balaban J connectivity index is 1.84. The van der Waals surface area contributed by atoms with Gasteiger partial charge in [-0.25, -0.2) is 0 Å². The number of phenols is 1. The van der Waals surface area contributed by atoms with Crippen LogP contribution in [0.5, 0.6) is 11.5 Å². The molecule has 4 aromatic carbocycles. The summed E-state index contributed by atoms with van der Waals surface area (Å²) in [5.74, 6) is -0.889. The van der Waals surface area contributed by atoms with E-state index in [0.29, 0.717) is 33.7 Å². The van der Waals surface area contributed by atoms with Crippen LogP contribution in [0, 0.1) is 6.92 Å². The molecule has 4 aromatic rings. The van der Waals surface area contributed by atoms with Gasteiger partial charge in [-0.05, 0) is 55.1 Å².